The number of fused-ring (bicyclic) bond motifs is 1. The van der Waals surface area contributed by atoms with Crippen LogP contribution < -0.4 is 10.3 Å². The van der Waals surface area contributed by atoms with E-state index in [9.17, 15) is 24.0 Å². The Morgan fingerprint density at radius 2 is 1.62 bits per heavy atom. The summed E-state index contributed by atoms with van der Waals surface area (Å²) in [5.41, 5.74) is -2.62. The van der Waals surface area contributed by atoms with Crippen molar-refractivity contribution in [3.05, 3.63) is 17.0 Å². The molecule has 1 atom stereocenters. The smallest absolute Gasteiger partial charge is 0.432 e. The first-order chi connectivity index (χ1) is 14.6. The normalized spacial score (nSPS) is 18.0. The number of thiophene rings is 1. The van der Waals surface area contributed by atoms with Gasteiger partial charge in [0.1, 0.15) is 16.2 Å². The van der Waals surface area contributed by atoms with Gasteiger partial charge >= 0.3 is 23.8 Å². The molecule has 1 aliphatic heterocycles. The largest absolute Gasteiger partial charge is 0.465 e. The van der Waals surface area contributed by atoms with Gasteiger partial charge in [0.05, 0.1) is 12.7 Å². The molecule has 0 radical (unpaired) electrons. The van der Waals surface area contributed by atoms with E-state index in [1.807, 2.05) is 0 Å². The van der Waals surface area contributed by atoms with Crippen LogP contribution in [0.15, 0.2) is 11.4 Å². The molecular formula is C20H27N3O8S. The molecule has 0 bridgehead atoms. The van der Waals surface area contributed by atoms with E-state index in [2.05, 4.69) is 5.43 Å². The lowest BCUT2D eigenvalue weighted by Gasteiger charge is -2.41. The predicted molar refractivity (Wildman–Crippen MR) is 114 cm³/mol. The van der Waals surface area contributed by atoms with Gasteiger partial charge in [-0.15, -0.1) is 11.3 Å². The van der Waals surface area contributed by atoms with Gasteiger partial charge < -0.3 is 14.2 Å². The summed E-state index contributed by atoms with van der Waals surface area (Å²) in [6.07, 6.45) is -2.43. The van der Waals surface area contributed by atoms with Crippen LogP contribution in [-0.4, -0.2) is 58.8 Å². The molecule has 176 valence electrons. The second-order valence-electron chi connectivity index (χ2n) is 8.92. The first kappa shape index (κ1) is 25.1. The number of nitrogens with one attached hydrogen (secondary N) is 1. The van der Waals surface area contributed by atoms with E-state index in [0.29, 0.717) is 5.01 Å². The Bertz CT molecular complexity index is 959. The van der Waals surface area contributed by atoms with Crippen molar-refractivity contribution in [3.8, 4) is 0 Å². The number of hydrogen-bond acceptors (Lipinski definition) is 9. The molecule has 0 saturated heterocycles. The van der Waals surface area contributed by atoms with E-state index in [1.165, 1.54) is 6.07 Å². The predicted octanol–water partition coefficient (Wildman–Crippen LogP) is 2.84. The van der Waals surface area contributed by atoms with E-state index in [4.69, 9.17) is 14.2 Å². The lowest BCUT2D eigenvalue weighted by atomic mass is 10.0. The zero-order valence-electron chi connectivity index (χ0n) is 19.2. The van der Waals surface area contributed by atoms with Crippen LogP contribution in [0.1, 0.15) is 58.8 Å². The van der Waals surface area contributed by atoms with Gasteiger partial charge in [-0.2, -0.15) is 5.01 Å². The highest BCUT2D eigenvalue weighted by molar-refractivity contribution is 7.15. The maximum absolute atomic E-state index is 13.5. The molecule has 2 heterocycles. The van der Waals surface area contributed by atoms with Crippen LogP contribution >= 0.6 is 11.3 Å². The van der Waals surface area contributed by atoms with Crippen LogP contribution in [0, 0.1) is 0 Å². The Hall–Kier alpha value is -3.15. The topological polar surface area (TPSA) is 132 Å². The fourth-order valence-corrected chi connectivity index (χ4v) is 4.02. The van der Waals surface area contributed by atoms with Crippen molar-refractivity contribution >= 4 is 46.2 Å². The fourth-order valence-electron chi connectivity index (χ4n) is 3.03. The zero-order valence-corrected chi connectivity index (χ0v) is 20.0. The summed E-state index contributed by atoms with van der Waals surface area (Å²) in [5, 5.41) is 2.03. The third-order valence-electron chi connectivity index (χ3n) is 4.02. The van der Waals surface area contributed by atoms with Crippen LogP contribution in [0.2, 0.25) is 0 Å². The highest BCUT2D eigenvalue weighted by Crippen LogP contribution is 2.45. The number of amides is 3. The van der Waals surface area contributed by atoms with Gasteiger partial charge in [0.25, 0.3) is 0 Å². The number of anilines is 1. The number of ketones is 1. The van der Waals surface area contributed by atoms with Crippen molar-refractivity contribution in [2.45, 2.75) is 65.3 Å². The number of Topliss-reactive ketones (excluding diaryl/α,β-unsaturated/α-hetero) is 1. The van der Waals surface area contributed by atoms with Gasteiger partial charge in [-0.05, 0) is 53.0 Å². The fraction of sp³-hybridized carbons (Fsp3) is 0.550. The van der Waals surface area contributed by atoms with E-state index >= 15 is 0 Å². The molecule has 1 N–H and O–H groups in total. The number of ether oxygens (including phenoxy) is 3. The molecular weight excluding hydrogens is 442 g/mol. The first-order valence-electron chi connectivity index (χ1n) is 9.60. The summed E-state index contributed by atoms with van der Waals surface area (Å²) in [6.45, 7) is 10.5. The Morgan fingerprint density at radius 3 is 2.09 bits per heavy atom. The number of rotatable bonds is 2. The minimum atomic E-state index is -2.71. The summed E-state index contributed by atoms with van der Waals surface area (Å²) in [6, 6.07) is 1.41. The highest BCUT2D eigenvalue weighted by atomic mass is 32.1. The Morgan fingerprint density at radius 1 is 1.06 bits per heavy atom. The molecule has 0 saturated carbocycles. The summed E-state index contributed by atoms with van der Waals surface area (Å²) in [5.74, 6) is -2.97. The molecule has 3 amide bonds. The van der Waals surface area contributed by atoms with Crippen molar-refractivity contribution in [1.82, 2.24) is 10.4 Å². The van der Waals surface area contributed by atoms with Gasteiger partial charge in [0.15, 0.2) is 0 Å². The van der Waals surface area contributed by atoms with Crippen LogP contribution in [0.25, 0.3) is 0 Å². The molecule has 0 aliphatic carbocycles. The van der Waals surface area contributed by atoms with Gasteiger partial charge in [-0.1, -0.05) is 0 Å². The molecule has 2 rings (SSSR count). The van der Waals surface area contributed by atoms with Crippen molar-refractivity contribution in [1.29, 1.82) is 0 Å². The molecule has 1 aromatic rings. The molecule has 1 aliphatic rings. The average Bonchev–Trinajstić information content (AvgIpc) is 3.16. The molecule has 32 heavy (non-hydrogen) atoms. The summed E-state index contributed by atoms with van der Waals surface area (Å²) < 4.78 is 15.4. The van der Waals surface area contributed by atoms with Gasteiger partial charge in [0, 0.05) is 6.92 Å². The van der Waals surface area contributed by atoms with E-state index in [0.717, 1.165) is 30.3 Å². The monoisotopic (exact) mass is 469 g/mol. The standard InChI is InChI=1S/C20H27N3O8S/c1-11(24)22-14-12(9-10-32-14)13(25)20(22,15(26)29-8)23(17(28)31-19(5,6)7)21-16(27)30-18(2,3)4/h9-10H,1-8H3,(H,21,27)/t20-/m1/s1. The summed E-state index contributed by atoms with van der Waals surface area (Å²) >= 11 is 1.01. The number of methoxy groups -OCH3 is 1. The maximum atomic E-state index is 13.5. The van der Waals surface area contributed by atoms with Crippen molar-refractivity contribution < 1.29 is 38.2 Å². The second kappa shape index (κ2) is 8.41. The van der Waals surface area contributed by atoms with Crippen LogP contribution in [0.3, 0.4) is 0 Å². The number of carbonyl (C=O) groups is 5. The van der Waals surface area contributed by atoms with E-state index in [1.54, 1.807) is 46.9 Å². The number of esters is 1. The van der Waals surface area contributed by atoms with Crippen LogP contribution in [-0.2, 0) is 23.8 Å². The molecule has 0 unspecified atom stereocenters. The van der Waals surface area contributed by atoms with Gasteiger partial charge in [-0.25, -0.2) is 19.8 Å². The molecule has 11 nitrogen and oxygen atoms in total. The quantitative estimate of drug-likeness (QED) is 0.303. The number of hydrogen-bond donors (Lipinski definition) is 1. The Balaban J connectivity index is 2.74. The number of nitrogens with zero attached hydrogens (tertiary/aromatic N) is 2. The average molecular weight is 470 g/mol. The van der Waals surface area contributed by atoms with Crippen molar-refractivity contribution in [2.75, 3.05) is 12.0 Å². The van der Waals surface area contributed by atoms with E-state index < -0.39 is 46.7 Å². The lowest BCUT2D eigenvalue weighted by molar-refractivity contribution is -0.154. The third-order valence-corrected chi connectivity index (χ3v) is 4.92. The third kappa shape index (κ3) is 4.54. The summed E-state index contributed by atoms with van der Waals surface area (Å²) in [4.78, 5) is 65.9. The second-order valence-corrected chi connectivity index (χ2v) is 9.81. The molecule has 0 aromatic carbocycles. The minimum Gasteiger partial charge on any atom is -0.465 e. The Kier molecular flexibility index (Phi) is 6.60. The lowest BCUT2D eigenvalue weighted by Crippen LogP contribution is -2.74. The minimum absolute atomic E-state index is 0.00940. The van der Waals surface area contributed by atoms with Crippen LogP contribution in [0.4, 0.5) is 14.6 Å². The molecule has 0 spiro atoms. The molecule has 1 aromatic heterocycles. The van der Waals surface area contributed by atoms with E-state index in [-0.39, 0.29) is 10.6 Å². The number of hydrazine groups is 1. The van der Waals surface area contributed by atoms with Crippen molar-refractivity contribution in [3.63, 3.8) is 0 Å². The molecule has 0 fully saturated rings. The molecule has 12 heteroatoms. The maximum Gasteiger partial charge on any atom is 0.432 e. The number of carbonyl (C=O) groups excluding carboxylic acids is 5. The zero-order chi connectivity index (χ0) is 24.6. The van der Waals surface area contributed by atoms with Crippen LogP contribution in [0.5, 0.6) is 0 Å². The SMILES string of the molecule is COC(=O)[C@]1(N(NC(=O)OC(C)(C)C)C(=O)OC(C)(C)C)C(=O)c2ccsc2N1C(C)=O. The van der Waals surface area contributed by atoms with Gasteiger partial charge in [0.2, 0.25) is 11.7 Å². The summed E-state index contributed by atoms with van der Waals surface area (Å²) in [7, 11) is 0.989. The Labute approximate surface area is 189 Å². The van der Waals surface area contributed by atoms with Crippen molar-refractivity contribution in [2.24, 2.45) is 0 Å². The highest BCUT2D eigenvalue weighted by Gasteiger charge is 2.67. The first-order valence-corrected chi connectivity index (χ1v) is 10.5. The van der Waals surface area contributed by atoms with Gasteiger partial charge in [-0.3, -0.25) is 14.5 Å².